The predicted octanol–water partition coefficient (Wildman–Crippen LogP) is 12.9. The van der Waals surface area contributed by atoms with Gasteiger partial charge < -0.3 is 0 Å². The van der Waals surface area contributed by atoms with Crippen LogP contribution in [-0.4, -0.2) is 9.97 Å². The molecule has 0 N–H and O–H groups in total. The second kappa shape index (κ2) is 11.2. The zero-order valence-corrected chi connectivity index (χ0v) is 29.9. The van der Waals surface area contributed by atoms with Crippen molar-refractivity contribution >= 4 is 10.8 Å². The van der Waals surface area contributed by atoms with Gasteiger partial charge in [0.1, 0.15) is 0 Å². The third-order valence-corrected chi connectivity index (χ3v) is 11.7. The molecule has 0 fully saturated rings. The molecular weight excluding hydrogens is 629 g/mol. The van der Waals surface area contributed by atoms with E-state index >= 15 is 0 Å². The molecule has 0 saturated carbocycles. The molecule has 8 aromatic rings. The van der Waals surface area contributed by atoms with Gasteiger partial charge >= 0.3 is 0 Å². The summed E-state index contributed by atoms with van der Waals surface area (Å²) < 4.78 is 0. The van der Waals surface area contributed by atoms with Gasteiger partial charge in [0.25, 0.3) is 0 Å². The minimum Gasteiger partial charge on any atom is -0.228 e. The smallest absolute Gasteiger partial charge is 0.160 e. The molecule has 248 valence electrons. The Morgan fingerprint density at radius 3 is 1.60 bits per heavy atom. The largest absolute Gasteiger partial charge is 0.228 e. The van der Waals surface area contributed by atoms with Crippen LogP contribution in [0.15, 0.2) is 158 Å². The molecular formula is C50H38N2. The van der Waals surface area contributed by atoms with Gasteiger partial charge in [0.05, 0.1) is 11.4 Å². The van der Waals surface area contributed by atoms with E-state index in [9.17, 15) is 0 Å². The molecule has 0 atom stereocenters. The first kappa shape index (κ1) is 30.7. The summed E-state index contributed by atoms with van der Waals surface area (Å²) >= 11 is 0. The summed E-state index contributed by atoms with van der Waals surface area (Å²) in [6.45, 7) is 9.34. The van der Waals surface area contributed by atoms with E-state index in [1.807, 2.05) is 6.07 Å². The predicted molar refractivity (Wildman–Crippen MR) is 216 cm³/mol. The summed E-state index contributed by atoms with van der Waals surface area (Å²) in [6, 6.07) is 57.4. The molecule has 0 aliphatic heterocycles. The molecule has 0 spiro atoms. The molecule has 0 saturated heterocycles. The molecule has 1 heterocycles. The van der Waals surface area contributed by atoms with Crippen molar-refractivity contribution in [2.75, 3.05) is 0 Å². The first-order valence-corrected chi connectivity index (χ1v) is 18.3. The van der Waals surface area contributed by atoms with E-state index in [0.29, 0.717) is 0 Å². The standard InChI is InChI=1S/C50H38N2/c1-49(2)43-21-13-11-19-38(43)41-28-33(23-27-44(41)49)46-30-47(52-48(51-46)31-14-6-5-7-15-31)40-26-25-34(35-16-8-9-17-36(35)40)32-22-24-39-37-18-10-12-20-42(37)50(3,4)45(39)29-32/h5-30H,1-4H3. The Morgan fingerprint density at radius 2 is 0.846 bits per heavy atom. The van der Waals surface area contributed by atoms with Gasteiger partial charge in [0.15, 0.2) is 5.82 Å². The molecule has 2 nitrogen and oxygen atoms in total. The number of fused-ring (bicyclic) bond motifs is 7. The molecule has 0 amide bonds. The van der Waals surface area contributed by atoms with Crippen LogP contribution in [0, 0.1) is 0 Å². The fourth-order valence-electron chi connectivity index (χ4n) is 8.97. The van der Waals surface area contributed by atoms with Gasteiger partial charge in [-0.1, -0.05) is 167 Å². The Bertz CT molecular complexity index is 2730. The maximum Gasteiger partial charge on any atom is 0.160 e. The molecule has 2 aliphatic rings. The normalized spacial score (nSPS) is 14.5. The van der Waals surface area contributed by atoms with Gasteiger partial charge in [-0.15, -0.1) is 0 Å². The summed E-state index contributed by atoms with van der Waals surface area (Å²) in [5.74, 6) is 0.725. The zero-order chi connectivity index (χ0) is 35.2. The maximum atomic E-state index is 5.26. The second-order valence-corrected chi connectivity index (χ2v) is 15.4. The van der Waals surface area contributed by atoms with Crippen molar-refractivity contribution in [1.29, 1.82) is 0 Å². The zero-order valence-electron chi connectivity index (χ0n) is 29.9. The summed E-state index contributed by atoms with van der Waals surface area (Å²) in [5, 5.41) is 2.39. The van der Waals surface area contributed by atoms with Crippen molar-refractivity contribution in [3.05, 3.63) is 180 Å². The number of benzene rings is 7. The van der Waals surface area contributed by atoms with Crippen LogP contribution in [0.1, 0.15) is 49.9 Å². The first-order valence-electron chi connectivity index (χ1n) is 18.3. The molecule has 7 aromatic carbocycles. The van der Waals surface area contributed by atoms with E-state index in [2.05, 4.69) is 179 Å². The van der Waals surface area contributed by atoms with Gasteiger partial charge in [0, 0.05) is 27.5 Å². The Morgan fingerprint density at radius 1 is 0.327 bits per heavy atom. The topological polar surface area (TPSA) is 25.8 Å². The quantitative estimate of drug-likeness (QED) is 0.187. The number of hydrogen-bond donors (Lipinski definition) is 0. The summed E-state index contributed by atoms with van der Waals surface area (Å²) in [7, 11) is 0. The van der Waals surface area contributed by atoms with Crippen LogP contribution in [0.4, 0.5) is 0 Å². The minimum absolute atomic E-state index is 0.0459. The van der Waals surface area contributed by atoms with Crippen LogP contribution in [0.3, 0.4) is 0 Å². The Kier molecular flexibility index (Phi) is 6.60. The average molecular weight is 667 g/mol. The van der Waals surface area contributed by atoms with Crippen molar-refractivity contribution in [2.24, 2.45) is 0 Å². The first-order chi connectivity index (χ1) is 25.3. The summed E-state index contributed by atoms with van der Waals surface area (Å²) in [4.78, 5) is 10.5. The fourth-order valence-corrected chi connectivity index (χ4v) is 8.97. The van der Waals surface area contributed by atoms with Crippen molar-refractivity contribution in [3.8, 4) is 67.3 Å². The number of nitrogens with zero attached hydrogens (tertiary/aromatic N) is 2. The third kappa shape index (κ3) is 4.50. The van der Waals surface area contributed by atoms with Crippen LogP contribution in [0.25, 0.3) is 78.1 Å². The minimum atomic E-state index is -0.0573. The number of rotatable bonds is 4. The SMILES string of the molecule is CC1(C)c2ccccc2-c2cc(-c3cc(-c4ccc(-c5ccc6c(c5)C(C)(C)c5ccccc5-6)c5ccccc45)nc(-c4ccccc4)n3)ccc21. The summed E-state index contributed by atoms with van der Waals surface area (Å²) in [6.07, 6.45) is 0. The number of aromatic nitrogens is 2. The molecule has 2 aliphatic carbocycles. The van der Waals surface area contributed by atoms with Crippen LogP contribution in [0.5, 0.6) is 0 Å². The molecule has 0 unspecified atom stereocenters. The van der Waals surface area contributed by atoms with Gasteiger partial charge in [-0.3, -0.25) is 0 Å². The van der Waals surface area contributed by atoms with E-state index in [1.54, 1.807) is 0 Å². The number of hydrogen-bond acceptors (Lipinski definition) is 2. The summed E-state index contributed by atoms with van der Waals surface area (Å²) in [5.41, 5.74) is 18.2. The lowest BCUT2D eigenvalue weighted by atomic mass is 9.81. The van der Waals surface area contributed by atoms with Crippen LogP contribution >= 0.6 is 0 Å². The van der Waals surface area contributed by atoms with Crippen molar-refractivity contribution in [3.63, 3.8) is 0 Å². The Labute approximate surface area is 305 Å². The lowest BCUT2D eigenvalue weighted by Crippen LogP contribution is -2.14. The monoisotopic (exact) mass is 666 g/mol. The fraction of sp³-hybridized carbons (Fsp3) is 0.120. The van der Waals surface area contributed by atoms with Gasteiger partial charge in [-0.2, -0.15) is 0 Å². The Balaban J connectivity index is 1.14. The molecule has 0 radical (unpaired) electrons. The van der Waals surface area contributed by atoms with Gasteiger partial charge in [-0.05, 0) is 84.6 Å². The maximum absolute atomic E-state index is 5.26. The second-order valence-electron chi connectivity index (χ2n) is 15.4. The van der Waals surface area contributed by atoms with E-state index in [4.69, 9.17) is 9.97 Å². The van der Waals surface area contributed by atoms with E-state index in [1.165, 1.54) is 66.4 Å². The van der Waals surface area contributed by atoms with Crippen LogP contribution in [0.2, 0.25) is 0 Å². The highest BCUT2D eigenvalue weighted by atomic mass is 14.9. The van der Waals surface area contributed by atoms with E-state index < -0.39 is 0 Å². The van der Waals surface area contributed by atoms with Gasteiger partial charge in [-0.25, -0.2) is 9.97 Å². The Hall–Kier alpha value is -6.12. The third-order valence-electron chi connectivity index (χ3n) is 11.7. The highest BCUT2D eigenvalue weighted by molar-refractivity contribution is 6.05. The van der Waals surface area contributed by atoms with Gasteiger partial charge in [0.2, 0.25) is 0 Å². The lowest BCUT2D eigenvalue weighted by Gasteiger charge is -2.22. The lowest BCUT2D eigenvalue weighted by molar-refractivity contribution is 0.660. The van der Waals surface area contributed by atoms with Crippen LogP contribution in [-0.2, 0) is 10.8 Å². The van der Waals surface area contributed by atoms with E-state index in [0.717, 1.165) is 33.9 Å². The van der Waals surface area contributed by atoms with Crippen molar-refractivity contribution in [1.82, 2.24) is 9.97 Å². The molecule has 0 bridgehead atoms. The van der Waals surface area contributed by atoms with Crippen LogP contribution < -0.4 is 0 Å². The molecule has 52 heavy (non-hydrogen) atoms. The van der Waals surface area contributed by atoms with Crippen molar-refractivity contribution < 1.29 is 0 Å². The molecule has 1 aromatic heterocycles. The highest BCUT2D eigenvalue weighted by Crippen LogP contribution is 2.51. The van der Waals surface area contributed by atoms with Crippen molar-refractivity contribution in [2.45, 2.75) is 38.5 Å². The highest BCUT2D eigenvalue weighted by Gasteiger charge is 2.36. The molecule has 10 rings (SSSR count). The average Bonchev–Trinajstić information content (AvgIpc) is 3.56. The van der Waals surface area contributed by atoms with E-state index in [-0.39, 0.29) is 10.8 Å². The molecule has 2 heteroatoms.